The lowest BCUT2D eigenvalue weighted by Crippen LogP contribution is -2.61. The Bertz CT molecular complexity index is 1040. The van der Waals surface area contributed by atoms with Crippen molar-refractivity contribution in [3.05, 3.63) is 0 Å². The Morgan fingerprint density at radius 1 is 0.632 bits per heavy atom. The van der Waals surface area contributed by atoms with Crippen LogP contribution in [0, 0.1) is 0 Å². The highest BCUT2D eigenvalue weighted by Gasteiger charge is 2.48. The average molecular weight is 838 g/mol. The lowest BCUT2D eigenvalue weighted by molar-refractivity contribution is -0.298. The molecule has 0 bridgehead atoms. The van der Waals surface area contributed by atoms with Gasteiger partial charge < -0.3 is 35.2 Å². The Hall–Kier alpha value is -0.900. The van der Waals surface area contributed by atoms with Crippen molar-refractivity contribution < 1.29 is 51.8 Å². The molecule has 0 aromatic rings. The molecule has 0 aliphatic carbocycles. The molecule has 1 aliphatic rings. The molecular formula is C44H87NO11S. The largest absolute Gasteiger partial charge is 0.397 e. The van der Waals surface area contributed by atoms with Gasteiger partial charge in [0.25, 0.3) is 0 Å². The molecule has 1 rings (SSSR count). The van der Waals surface area contributed by atoms with Crippen LogP contribution in [0.1, 0.15) is 219 Å². The van der Waals surface area contributed by atoms with Crippen molar-refractivity contribution >= 4 is 16.3 Å². The molecule has 7 atom stereocenters. The van der Waals surface area contributed by atoms with Gasteiger partial charge in [0, 0.05) is 6.42 Å². The summed E-state index contributed by atoms with van der Waals surface area (Å²) in [5.41, 5.74) is 0. The van der Waals surface area contributed by atoms with Crippen molar-refractivity contribution in [1.82, 2.24) is 5.32 Å². The molecule has 6 N–H and O–H groups in total. The van der Waals surface area contributed by atoms with Crippen LogP contribution in [0.25, 0.3) is 0 Å². The van der Waals surface area contributed by atoms with E-state index in [4.69, 9.17) is 9.47 Å². The normalized spacial score (nSPS) is 21.1. The van der Waals surface area contributed by atoms with Crippen molar-refractivity contribution in [3.8, 4) is 0 Å². The number of nitrogens with one attached hydrogen (secondary N) is 1. The summed E-state index contributed by atoms with van der Waals surface area (Å²) >= 11 is 0. The third kappa shape index (κ3) is 29.1. The van der Waals surface area contributed by atoms with Crippen LogP contribution in [0.5, 0.6) is 0 Å². The Morgan fingerprint density at radius 3 is 1.40 bits per heavy atom. The van der Waals surface area contributed by atoms with E-state index in [1.165, 1.54) is 141 Å². The number of carbonyl (C=O) groups excluding carboxylic acids is 1. The van der Waals surface area contributed by atoms with Gasteiger partial charge in [0.15, 0.2) is 6.29 Å². The van der Waals surface area contributed by atoms with Crippen LogP contribution in [-0.2, 0) is 28.9 Å². The highest BCUT2D eigenvalue weighted by molar-refractivity contribution is 7.80. The van der Waals surface area contributed by atoms with E-state index in [1.807, 2.05) is 0 Å². The number of amides is 1. The third-order valence-electron chi connectivity index (χ3n) is 11.4. The van der Waals surface area contributed by atoms with Gasteiger partial charge in [-0.2, -0.15) is 8.42 Å². The number of carbonyl (C=O) groups is 1. The molecule has 7 unspecified atom stereocenters. The minimum Gasteiger partial charge on any atom is -0.394 e. The summed E-state index contributed by atoms with van der Waals surface area (Å²) in [5, 5.41) is 44.8. The van der Waals surface area contributed by atoms with Crippen LogP contribution in [0.4, 0.5) is 0 Å². The molecule has 1 saturated heterocycles. The third-order valence-corrected chi connectivity index (χ3v) is 11.9. The first-order chi connectivity index (χ1) is 27.5. The fraction of sp³-hybridized carbons (Fsp3) is 0.977. The molecule has 13 heteroatoms. The summed E-state index contributed by atoms with van der Waals surface area (Å²) in [6.07, 6.45) is 28.1. The summed E-state index contributed by atoms with van der Waals surface area (Å²) in [5.74, 6) is -0.227. The summed E-state index contributed by atoms with van der Waals surface area (Å²) in [6, 6.07) is -0.850. The fourth-order valence-electron chi connectivity index (χ4n) is 7.75. The summed E-state index contributed by atoms with van der Waals surface area (Å²) in [4.78, 5) is 13.0. The highest BCUT2D eigenvalue weighted by Crippen LogP contribution is 2.26. The maximum atomic E-state index is 13.0. The molecule has 1 amide bonds. The van der Waals surface area contributed by atoms with E-state index >= 15 is 0 Å². The monoisotopic (exact) mass is 838 g/mol. The Morgan fingerprint density at radius 2 is 1.02 bits per heavy atom. The van der Waals surface area contributed by atoms with Gasteiger partial charge in [-0.05, 0) is 12.8 Å². The minimum atomic E-state index is -5.07. The van der Waals surface area contributed by atoms with Crippen molar-refractivity contribution in [1.29, 1.82) is 0 Å². The van der Waals surface area contributed by atoms with E-state index in [2.05, 4.69) is 23.3 Å². The van der Waals surface area contributed by atoms with Gasteiger partial charge in [0.2, 0.25) is 5.91 Å². The zero-order valence-corrected chi connectivity index (χ0v) is 37.0. The predicted octanol–water partition coefficient (Wildman–Crippen LogP) is 9.00. The van der Waals surface area contributed by atoms with Crippen LogP contribution >= 0.6 is 0 Å². The van der Waals surface area contributed by atoms with Crippen molar-refractivity contribution in [2.45, 2.75) is 262 Å². The first-order valence-corrected chi connectivity index (χ1v) is 24.8. The van der Waals surface area contributed by atoms with Crippen LogP contribution in [0.3, 0.4) is 0 Å². The molecule has 0 aromatic carbocycles. The van der Waals surface area contributed by atoms with E-state index < -0.39 is 59.9 Å². The van der Waals surface area contributed by atoms with Crippen molar-refractivity contribution in [2.75, 3.05) is 13.2 Å². The molecule has 0 spiro atoms. The molecule has 1 aliphatic heterocycles. The number of aliphatic hydroxyl groups excluding tert-OH is 4. The summed E-state index contributed by atoms with van der Waals surface area (Å²) in [6.45, 7) is 3.46. The van der Waals surface area contributed by atoms with Gasteiger partial charge >= 0.3 is 10.4 Å². The van der Waals surface area contributed by atoms with Crippen LogP contribution < -0.4 is 5.32 Å². The van der Waals surface area contributed by atoms with E-state index in [-0.39, 0.29) is 12.5 Å². The highest BCUT2D eigenvalue weighted by atomic mass is 32.3. The second-order valence-electron chi connectivity index (χ2n) is 16.7. The van der Waals surface area contributed by atoms with E-state index in [0.29, 0.717) is 12.8 Å². The van der Waals surface area contributed by atoms with Gasteiger partial charge in [-0.3, -0.25) is 9.35 Å². The number of ether oxygens (including phenoxy) is 2. The molecule has 12 nitrogen and oxygen atoms in total. The van der Waals surface area contributed by atoms with Gasteiger partial charge in [-0.25, -0.2) is 4.18 Å². The maximum absolute atomic E-state index is 13.0. The van der Waals surface area contributed by atoms with Gasteiger partial charge in [-0.1, -0.05) is 200 Å². The Labute approximate surface area is 347 Å². The van der Waals surface area contributed by atoms with Crippen LogP contribution in [0.2, 0.25) is 0 Å². The lowest BCUT2D eigenvalue weighted by Gasteiger charge is -2.41. The van der Waals surface area contributed by atoms with E-state index in [1.54, 1.807) is 0 Å². The molecule has 340 valence electrons. The first-order valence-electron chi connectivity index (χ1n) is 23.4. The Balaban J connectivity index is 2.49. The topological polar surface area (TPSA) is 192 Å². The molecular weight excluding hydrogens is 751 g/mol. The molecule has 0 saturated carbocycles. The molecule has 1 heterocycles. The van der Waals surface area contributed by atoms with Crippen LogP contribution in [-0.4, -0.2) is 95.4 Å². The molecule has 0 aromatic heterocycles. The number of hydrogen-bond acceptors (Lipinski definition) is 10. The SMILES string of the molecule is CCCCCCCCCCCCCCCCCC(=O)NC(COC1OC(CO)C(O)C(OS(=O)(=O)O)C1O)C(O)CCCCCCCCCCCCCCCCC. The average Bonchev–Trinajstić information content (AvgIpc) is 3.18. The number of rotatable bonds is 40. The molecule has 0 radical (unpaired) electrons. The number of aliphatic hydroxyl groups is 4. The first kappa shape index (κ1) is 54.1. The predicted molar refractivity (Wildman–Crippen MR) is 227 cm³/mol. The standard InChI is InChI=1S/C44H87NO11S/c1-3-5-7-9-11-13-15-17-19-21-23-25-27-29-31-33-38(47)37(36-54-44-42(50)43(56-57(51,52)53)41(49)39(35-46)55-44)45-40(48)34-32-30-28-26-24-22-20-18-16-14-12-10-8-6-4-2/h37-39,41-44,46-47,49-50H,3-36H2,1-2H3,(H,45,48)(H,51,52,53). The smallest absolute Gasteiger partial charge is 0.394 e. The van der Waals surface area contributed by atoms with Gasteiger partial charge in [0.05, 0.1) is 25.4 Å². The number of unbranched alkanes of at least 4 members (excludes halogenated alkanes) is 28. The zero-order chi connectivity index (χ0) is 42.0. The molecule has 57 heavy (non-hydrogen) atoms. The van der Waals surface area contributed by atoms with Crippen molar-refractivity contribution in [2.24, 2.45) is 0 Å². The van der Waals surface area contributed by atoms with Gasteiger partial charge in [-0.15, -0.1) is 0 Å². The minimum absolute atomic E-state index is 0.227. The van der Waals surface area contributed by atoms with Crippen LogP contribution in [0.15, 0.2) is 0 Å². The fourth-order valence-corrected chi connectivity index (χ4v) is 8.26. The number of hydrogen-bond donors (Lipinski definition) is 6. The Kier molecular flexibility index (Phi) is 34.0. The summed E-state index contributed by atoms with van der Waals surface area (Å²) < 4.78 is 47.6. The zero-order valence-electron chi connectivity index (χ0n) is 36.2. The maximum Gasteiger partial charge on any atom is 0.397 e. The van der Waals surface area contributed by atoms with E-state index in [0.717, 1.165) is 51.4 Å². The van der Waals surface area contributed by atoms with E-state index in [9.17, 15) is 38.2 Å². The van der Waals surface area contributed by atoms with Crippen molar-refractivity contribution in [3.63, 3.8) is 0 Å². The lowest BCUT2D eigenvalue weighted by atomic mass is 9.99. The van der Waals surface area contributed by atoms with Gasteiger partial charge in [0.1, 0.15) is 24.4 Å². The molecule has 1 fully saturated rings. The quantitative estimate of drug-likeness (QED) is 0.0255. The second-order valence-corrected chi connectivity index (χ2v) is 17.8. The summed E-state index contributed by atoms with van der Waals surface area (Å²) in [7, 11) is -5.07. The second kappa shape index (κ2) is 35.8.